The molecule has 402 valence electrons. The summed E-state index contributed by atoms with van der Waals surface area (Å²) in [5.41, 5.74) is 0. The molecule has 6 nitrogen and oxygen atoms in total. The topological polar surface area (TPSA) is 95.9 Å². The van der Waals surface area contributed by atoms with Gasteiger partial charge in [-0.25, -0.2) is 0 Å². The summed E-state index contributed by atoms with van der Waals surface area (Å²) in [7, 11) is 0. The standard InChI is InChI=1S/C62H119NO5/c1-4-7-10-13-16-19-22-25-28-30-33-36-39-42-45-48-51-54-60(65)59(57-64)63-61(66)56-58(53-50-47-44-41-38-35-32-27-24-21-18-15-12-9-6-3)68-62(67)55-52-49-46-43-40-37-34-31-29-26-23-20-17-14-11-8-5-2/h26-27,29,32,58-60,64-65H,4-25,28,30-31,33-57H2,1-3H3,(H,63,66)/b29-26+,32-27+. The number of carbonyl (C=O) groups is 2. The van der Waals surface area contributed by atoms with E-state index in [1.165, 1.54) is 231 Å². The Hall–Kier alpha value is -1.66. The van der Waals surface area contributed by atoms with E-state index >= 15 is 0 Å². The summed E-state index contributed by atoms with van der Waals surface area (Å²) in [5.74, 6) is -0.467. The minimum atomic E-state index is -0.789. The number of carbonyl (C=O) groups excluding carboxylic acids is 2. The Morgan fingerprint density at radius 3 is 1.04 bits per heavy atom. The summed E-state index contributed by atoms with van der Waals surface area (Å²) in [6.07, 6.45) is 66.7. The van der Waals surface area contributed by atoms with Crippen LogP contribution in [0.15, 0.2) is 24.3 Å². The molecule has 0 rings (SSSR count). The molecule has 0 aromatic rings. The van der Waals surface area contributed by atoms with Crippen LogP contribution >= 0.6 is 0 Å². The van der Waals surface area contributed by atoms with E-state index < -0.39 is 18.2 Å². The van der Waals surface area contributed by atoms with Gasteiger partial charge in [0.2, 0.25) is 5.91 Å². The van der Waals surface area contributed by atoms with Crippen LogP contribution in [0.5, 0.6) is 0 Å². The largest absolute Gasteiger partial charge is 0.462 e. The number of unbranched alkanes of at least 4 members (excludes halogenated alkanes) is 40. The van der Waals surface area contributed by atoms with E-state index in [2.05, 4.69) is 50.4 Å². The molecule has 0 fully saturated rings. The van der Waals surface area contributed by atoms with E-state index in [1.54, 1.807) is 0 Å². The highest BCUT2D eigenvalue weighted by Crippen LogP contribution is 2.19. The molecule has 6 heteroatoms. The molecule has 0 aliphatic rings. The maximum Gasteiger partial charge on any atom is 0.306 e. The van der Waals surface area contributed by atoms with E-state index in [0.717, 1.165) is 57.8 Å². The number of nitrogens with one attached hydrogen (secondary N) is 1. The Kier molecular flexibility index (Phi) is 54.9. The van der Waals surface area contributed by atoms with E-state index in [0.29, 0.717) is 19.3 Å². The molecule has 0 saturated heterocycles. The number of aliphatic hydroxyl groups excluding tert-OH is 2. The lowest BCUT2D eigenvalue weighted by molar-refractivity contribution is -0.151. The van der Waals surface area contributed by atoms with Crippen molar-refractivity contribution < 1.29 is 24.5 Å². The summed E-state index contributed by atoms with van der Waals surface area (Å²) in [6, 6.07) is -0.703. The molecule has 0 aliphatic carbocycles. The Morgan fingerprint density at radius 1 is 0.412 bits per heavy atom. The van der Waals surface area contributed by atoms with Gasteiger partial charge < -0.3 is 20.3 Å². The molecular formula is C62H119NO5. The zero-order valence-electron chi connectivity index (χ0n) is 46.0. The van der Waals surface area contributed by atoms with Gasteiger partial charge in [0.1, 0.15) is 6.10 Å². The third kappa shape index (κ3) is 50.7. The molecule has 0 heterocycles. The van der Waals surface area contributed by atoms with Gasteiger partial charge in [0.25, 0.3) is 0 Å². The first-order valence-electron chi connectivity index (χ1n) is 30.6. The van der Waals surface area contributed by atoms with E-state index in [4.69, 9.17) is 4.74 Å². The Balaban J connectivity index is 4.51. The minimum Gasteiger partial charge on any atom is -0.462 e. The van der Waals surface area contributed by atoms with Crippen molar-refractivity contribution in [1.29, 1.82) is 0 Å². The SMILES string of the molecule is CCCCCCCC/C=C/CCCCCCCCCC(=O)OC(CCCCCCC/C=C/CCCCCCCC)CC(=O)NC(CO)C(O)CCCCCCCCCCCCCCCCCCC. The van der Waals surface area contributed by atoms with Gasteiger partial charge >= 0.3 is 5.97 Å². The molecule has 1 amide bonds. The van der Waals surface area contributed by atoms with Gasteiger partial charge in [0, 0.05) is 6.42 Å². The van der Waals surface area contributed by atoms with Crippen LogP contribution in [0.4, 0.5) is 0 Å². The molecule has 0 aromatic carbocycles. The Bertz CT molecular complexity index is 1080. The van der Waals surface area contributed by atoms with Crippen LogP contribution in [-0.4, -0.2) is 46.9 Å². The third-order valence-corrected chi connectivity index (χ3v) is 14.3. The zero-order valence-corrected chi connectivity index (χ0v) is 46.0. The fourth-order valence-corrected chi connectivity index (χ4v) is 9.60. The molecule has 3 N–H and O–H groups in total. The van der Waals surface area contributed by atoms with Crippen LogP contribution in [0.3, 0.4) is 0 Å². The number of amides is 1. The fourth-order valence-electron chi connectivity index (χ4n) is 9.60. The number of allylic oxidation sites excluding steroid dienone is 4. The van der Waals surface area contributed by atoms with Crippen LogP contribution in [0.25, 0.3) is 0 Å². The Morgan fingerprint density at radius 2 is 0.706 bits per heavy atom. The number of esters is 1. The monoisotopic (exact) mass is 958 g/mol. The van der Waals surface area contributed by atoms with Crippen LogP contribution < -0.4 is 5.32 Å². The summed E-state index contributed by atoms with van der Waals surface area (Å²) >= 11 is 0. The second-order valence-corrected chi connectivity index (χ2v) is 21.1. The Labute approximate surface area is 424 Å². The van der Waals surface area contributed by atoms with Gasteiger partial charge in [-0.1, -0.05) is 270 Å². The molecule has 0 aromatic heterocycles. The third-order valence-electron chi connectivity index (χ3n) is 14.3. The summed E-state index contributed by atoms with van der Waals surface area (Å²) in [6.45, 7) is 6.52. The van der Waals surface area contributed by atoms with Crippen molar-refractivity contribution in [1.82, 2.24) is 5.32 Å². The number of aliphatic hydroxyl groups is 2. The predicted molar refractivity (Wildman–Crippen MR) is 296 cm³/mol. The highest BCUT2D eigenvalue weighted by atomic mass is 16.5. The molecule has 0 aliphatic heterocycles. The quantitative estimate of drug-likeness (QED) is 0.0321. The summed E-state index contributed by atoms with van der Waals surface area (Å²) in [5, 5.41) is 23.9. The maximum atomic E-state index is 13.3. The molecule has 0 radical (unpaired) electrons. The first-order valence-corrected chi connectivity index (χ1v) is 30.6. The molecule has 0 spiro atoms. The van der Waals surface area contributed by atoms with E-state index in [-0.39, 0.29) is 24.9 Å². The van der Waals surface area contributed by atoms with Crippen LogP contribution in [-0.2, 0) is 14.3 Å². The number of ether oxygens (including phenoxy) is 1. The molecule has 0 saturated carbocycles. The molecule has 0 bridgehead atoms. The lowest BCUT2D eigenvalue weighted by Crippen LogP contribution is -2.46. The average Bonchev–Trinajstić information content (AvgIpc) is 3.33. The lowest BCUT2D eigenvalue weighted by Gasteiger charge is -2.24. The van der Waals surface area contributed by atoms with Crippen molar-refractivity contribution in [2.24, 2.45) is 0 Å². The first kappa shape index (κ1) is 66.3. The molecular weight excluding hydrogens is 839 g/mol. The van der Waals surface area contributed by atoms with Gasteiger partial charge in [-0.15, -0.1) is 0 Å². The summed E-state index contributed by atoms with van der Waals surface area (Å²) in [4.78, 5) is 26.3. The second-order valence-electron chi connectivity index (χ2n) is 21.1. The van der Waals surface area contributed by atoms with Crippen molar-refractivity contribution in [2.75, 3.05) is 6.61 Å². The van der Waals surface area contributed by atoms with Gasteiger partial charge in [-0.3, -0.25) is 9.59 Å². The molecule has 68 heavy (non-hydrogen) atoms. The van der Waals surface area contributed by atoms with Crippen molar-refractivity contribution in [2.45, 2.75) is 354 Å². The van der Waals surface area contributed by atoms with Crippen molar-refractivity contribution in [3.63, 3.8) is 0 Å². The predicted octanol–water partition coefficient (Wildman–Crippen LogP) is 19.0. The van der Waals surface area contributed by atoms with Gasteiger partial charge in [-0.05, 0) is 77.0 Å². The van der Waals surface area contributed by atoms with Gasteiger partial charge in [0.15, 0.2) is 0 Å². The van der Waals surface area contributed by atoms with Crippen LogP contribution in [0.2, 0.25) is 0 Å². The average molecular weight is 959 g/mol. The van der Waals surface area contributed by atoms with Gasteiger partial charge in [0.05, 0.1) is 25.2 Å². The number of hydrogen-bond donors (Lipinski definition) is 3. The number of hydrogen-bond acceptors (Lipinski definition) is 5. The van der Waals surface area contributed by atoms with E-state index in [9.17, 15) is 19.8 Å². The normalized spacial score (nSPS) is 13.2. The molecule has 3 atom stereocenters. The lowest BCUT2D eigenvalue weighted by atomic mass is 10.0. The second kappa shape index (κ2) is 56.3. The fraction of sp³-hybridized carbons (Fsp3) is 0.903. The summed E-state index contributed by atoms with van der Waals surface area (Å²) < 4.78 is 5.97. The van der Waals surface area contributed by atoms with Crippen molar-refractivity contribution in [3.05, 3.63) is 24.3 Å². The maximum absolute atomic E-state index is 13.3. The highest BCUT2D eigenvalue weighted by molar-refractivity contribution is 5.77. The van der Waals surface area contributed by atoms with Crippen LogP contribution in [0.1, 0.15) is 335 Å². The smallest absolute Gasteiger partial charge is 0.306 e. The first-order chi connectivity index (χ1) is 33.5. The highest BCUT2D eigenvalue weighted by Gasteiger charge is 2.24. The minimum absolute atomic E-state index is 0.0751. The zero-order chi connectivity index (χ0) is 49.5. The van der Waals surface area contributed by atoms with E-state index in [1.807, 2.05) is 0 Å². The van der Waals surface area contributed by atoms with Crippen molar-refractivity contribution in [3.8, 4) is 0 Å². The number of rotatable bonds is 56. The van der Waals surface area contributed by atoms with Gasteiger partial charge in [-0.2, -0.15) is 0 Å². The van der Waals surface area contributed by atoms with Crippen LogP contribution in [0, 0.1) is 0 Å². The molecule has 3 unspecified atom stereocenters. The van der Waals surface area contributed by atoms with Crippen molar-refractivity contribution >= 4 is 11.9 Å².